The van der Waals surface area contributed by atoms with Gasteiger partial charge in [0.25, 0.3) is 0 Å². The van der Waals surface area contributed by atoms with Crippen LogP contribution in [0.1, 0.15) is 39.9 Å². The van der Waals surface area contributed by atoms with Crippen LogP contribution in [0, 0.1) is 30.9 Å². The molecule has 0 radical (unpaired) electrons. The van der Waals surface area contributed by atoms with E-state index >= 15 is 0 Å². The third-order valence-electron chi connectivity index (χ3n) is 4.34. The van der Waals surface area contributed by atoms with E-state index in [9.17, 15) is 10.1 Å². The molecule has 0 saturated carbocycles. The molecule has 1 N–H and O–H groups in total. The van der Waals surface area contributed by atoms with Crippen molar-refractivity contribution in [3.63, 3.8) is 0 Å². The molecule has 0 bridgehead atoms. The number of hydrogen-bond acceptors (Lipinski definition) is 5. The van der Waals surface area contributed by atoms with E-state index in [1.807, 2.05) is 19.9 Å². The number of nitro groups is 1. The second-order valence-corrected chi connectivity index (χ2v) is 6.91. The molecule has 9 heteroatoms. The summed E-state index contributed by atoms with van der Waals surface area (Å²) in [7, 11) is 0. The van der Waals surface area contributed by atoms with Crippen LogP contribution in [0.2, 0.25) is 10.0 Å². The van der Waals surface area contributed by atoms with Crippen LogP contribution >= 0.6 is 23.2 Å². The lowest BCUT2D eigenvalue weighted by molar-refractivity contribution is -0.386. The van der Waals surface area contributed by atoms with Gasteiger partial charge in [-0.2, -0.15) is 5.10 Å². The van der Waals surface area contributed by atoms with Crippen molar-refractivity contribution in [3.05, 3.63) is 72.3 Å². The summed E-state index contributed by atoms with van der Waals surface area (Å²) in [4.78, 5) is 10.9. The summed E-state index contributed by atoms with van der Waals surface area (Å²) in [5.41, 5.74) is 3.48. The minimum atomic E-state index is -0.475. The van der Waals surface area contributed by atoms with E-state index in [4.69, 9.17) is 27.7 Å². The maximum atomic E-state index is 11.4. The topological polar surface area (TPSA) is 97.8 Å². The molecule has 2 aromatic heterocycles. The monoisotopic (exact) mass is 394 g/mol. The zero-order chi connectivity index (χ0) is 19.0. The molecule has 2 heterocycles. The van der Waals surface area contributed by atoms with Crippen molar-refractivity contribution in [1.29, 1.82) is 0 Å². The molecular weight excluding hydrogens is 379 g/mol. The first kappa shape index (κ1) is 18.4. The van der Waals surface area contributed by atoms with Crippen molar-refractivity contribution in [3.8, 4) is 0 Å². The first-order chi connectivity index (χ1) is 12.3. The molecule has 26 heavy (non-hydrogen) atoms. The summed E-state index contributed by atoms with van der Waals surface area (Å²) in [6.45, 7) is 5.31. The van der Waals surface area contributed by atoms with Gasteiger partial charge in [0, 0.05) is 33.6 Å². The maximum absolute atomic E-state index is 11.4. The van der Waals surface area contributed by atoms with Crippen LogP contribution in [0.25, 0.3) is 0 Å². The molecule has 136 valence electrons. The smallest absolute Gasteiger partial charge is 0.334 e. The predicted octanol–water partition coefficient (Wildman–Crippen LogP) is 4.91. The van der Waals surface area contributed by atoms with E-state index in [1.54, 1.807) is 19.1 Å². The minimum absolute atomic E-state index is 0.112. The van der Waals surface area contributed by atoms with Gasteiger partial charge in [0.05, 0.1) is 10.6 Å². The van der Waals surface area contributed by atoms with Crippen molar-refractivity contribution in [1.82, 2.24) is 15.4 Å². The molecule has 0 saturated heterocycles. The Balaban J connectivity index is 2.15. The van der Waals surface area contributed by atoms with Crippen LogP contribution in [0.3, 0.4) is 0 Å². The number of hydrogen-bond donors (Lipinski definition) is 1. The highest BCUT2D eigenvalue weighted by Crippen LogP contribution is 2.38. The van der Waals surface area contributed by atoms with Gasteiger partial charge in [-0.25, -0.2) is 0 Å². The highest BCUT2D eigenvalue weighted by atomic mass is 35.5. The Kier molecular flexibility index (Phi) is 5.02. The van der Waals surface area contributed by atoms with E-state index in [0.29, 0.717) is 10.0 Å². The molecule has 0 aliphatic heterocycles. The Morgan fingerprint density at radius 2 is 2.00 bits per heavy atom. The number of H-pyrrole nitrogens is 1. The van der Waals surface area contributed by atoms with Gasteiger partial charge >= 0.3 is 5.69 Å². The van der Waals surface area contributed by atoms with Crippen LogP contribution in [0.5, 0.6) is 0 Å². The molecule has 1 aromatic carbocycles. The van der Waals surface area contributed by atoms with E-state index in [-0.39, 0.29) is 29.5 Å². The Labute approximate surface area is 159 Å². The number of nitrogens with zero attached hydrogens (tertiary/aromatic N) is 3. The fourth-order valence-corrected chi connectivity index (χ4v) is 3.73. The first-order valence-electron chi connectivity index (χ1n) is 7.85. The molecule has 0 amide bonds. The summed E-state index contributed by atoms with van der Waals surface area (Å²) in [5, 5.41) is 23.3. The predicted molar refractivity (Wildman–Crippen MR) is 98.0 cm³/mol. The zero-order valence-electron chi connectivity index (χ0n) is 14.3. The summed E-state index contributed by atoms with van der Waals surface area (Å²) < 4.78 is 5.26. The molecule has 0 spiro atoms. The Morgan fingerprint density at radius 3 is 2.58 bits per heavy atom. The summed E-state index contributed by atoms with van der Waals surface area (Å²) in [5.74, 6) is -0.104. The number of halogens is 2. The molecule has 3 aromatic rings. The Morgan fingerprint density at radius 1 is 1.27 bits per heavy atom. The number of aryl methyl sites for hydroxylation is 3. The van der Waals surface area contributed by atoms with E-state index in [1.165, 1.54) is 0 Å². The zero-order valence-corrected chi connectivity index (χ0v) is 15.9. The number of aromatic nitrogens is 3. The lowest BCUT2D eigenvalue weighted by Crippen LogP contribution is -2.09. The first-order valence-corrected chi connectivity index (χ1v) is 8.61. The Hall–Kier alpha value is -2.38. The Bertz CT molecular complexity index is 961. The van der Waals surface area contributed by atoms with E-state index < -0.39 is 4.92 Å². The van der Waals surface area contributed by atoms with Crippen molar-refractivity contribution in [2.24, 2.45) is 0 Å². The normalized spacial score (nSPS) is 12.3. The van der Waals surface area contributed by atoms with Gasteiger partial charge in [-0.15, -0.1) is 0 Å². The second kappa shape index (κ2) is 7.09. The lowest BCUT2D eigenvalue weighted by atomic mass is 9.86. The third-order valence-corrected chi connectivity index (χ3v) is 4.91. The number of aromatic amines is 1. The van der Waals surface area contributed by atoms with Crippen molar-refractivity contribution >= 4 is 28.9 Å². The van der Waals surface area contributed by atoms with Gasteiger partial charge < -0.3 is 4.52 Å². The quantitative estimate of drug-likeness (QED) is 0.489. The van der Waals surface area contributed by atoms with Gasteiger partial charge in [-0.1, -0.05) is 34.4 Å². The van der Waals surface area contributed by atoms with Crippen LogP contribution in [0.4, 0.5) is 5.69 Å². The van der Waals surface area contributed by atoms with Crippen LogP contribution in [-0.4, -0.2) is 20.3 Å². The molecule has 0 aliphatic carbocycles. The number of rotatable bonds is 5. The van der Waals surface area contributed by atoms with Crippen molar-refractivity contribution in [2.75, 3.05) is 0 Å². The molecule has 0 aliphatic rings. The fourth-order valence-electron chi connectivity index (χ4n) is 3.19. The molecule has 0 fully saturated rings. The average Bonchev–Trinajstić information content (AvgIpc) is 3.08. The van der Waals surface area contributed by atoms with E-state index in [2.05, 4.69) is 15.4 Å². The van der Waals surface area contributed by atoms with Gasteiger partial charge in [-0.05, 0) is 38.5 Å². The van der Waals surface area contributed by atoms with Crippen LogP contribution in [0.15, 0.2) is 22.7 Å². The van der Waals surface area contributed by atoms with Crippen molar-refractivity contribution in [2.45, 2.75) is 33.1 Å². The molecule has 3 rings (SSSR count). The van der Waals surface area contributed by atoms with Crippen LogP contribution < -0.4 is 0 Å². The summed E-state index contributed by atoms with van der Waals surface area (Å²) in [6, 6.07) is 5.20. The number of benzene rings is 1. The molecular formula is C17H16Cl2N4O3. The SMILES string of the molecule is Cc1n[nH]c(C)c1C(Cc1onc(C)c1[N+](=O)[O-])c1ccc(Cl)cc1Cl. The van der Waals surface area contributed by atoms with E-state index in [0.717, 1.165) is 22.5 Å². The average molecular weight is 395 g/mol. The second-order valence-electron chi connectivity index (χ2n) is 6.07. The van der Waals surface area contributed by atoms with Gasteiger partial charge in [0.2, 0.25) is 5.76 Å². The van der Waals surface area contributed by atoms with Gasteiger partial charge in [0.1, 0.15) is 0 Å². The standard InChI is InChI=1S/C17H16Cl2N4O3/c1-8-16(9(2)21-20-8)13(12-5-4-11(18)6-14(12)19)7-15-17(23(24)25)10(3)22-26-15/h4-6,13H,7H2,1-3H3,(H,20,21). The minimum Gasteiger partial charge on any atom is -0.354 e. The highest BCUT2D eigenvalue weighted by Gasteiger charge is 2.31. The fraction of sp³-hybridized carbons (Fsp3) is 0.294. The largest absolute Gasteiger partial charge is 0.354 e. The highest BCUT2D eigenvalue weighted by molar-refractivity contribution is 6.35. The molecule has 1 atom stereocenters. The van der Waals surface area contributed by atoms with Gasteiger partial charge in [-0.3, -0.25) is 15.2 Å². The molecule has 7 nitrogen and oxygen atoms in total. The summed E-state index contributed by atoms with van der Waals surface area (Å²) in [6.07, 6.45) is 0.222. The lowest BCUT2D eigenvalue weighted by Gasteiger charge is -2.18. The maximum Gasteiger partial charge on any atom is 0.334 e. The summed E-state index contributed by atoms with van der Waals surface area (Å²) >= 11 is 12.4. The van der Waals surface area contributed by atoms with Gasteiger partial charge in [0.15, 0.2) is 5.69 Å². The number of nitrogens with one attached hydrogen (secondary N) is 1. The van der Waals surface area contributed by atoms with Crippen molar-refractivity contribution < 1.29 is 9.45 Å². The molecule has 1 unspecified atom stereocenters. The van der Waals surface area contributed by atoms with Crippen LogP contribution in [-0.2, 0) is 6.42 Å². The third kappa shape index (κ3) is 3.32.